The predicted molar refractivity (Wildman–Crippen MR) is 115 cm³/mol. The van der Waals surface area contributed by atoms with E-state index in [1.165, 1.54) is 28.1 Å². The molecule has 1 aliphatic carbocycles. The van der Waals surface area contributed by atoms with Crippen molar-refractivity contribution in [2.24, 2.45) is 0 Å². The van der Waals surface area contributed by atoms with E-state index in [1.807, 2.05) is 6.07 Å². The molecule has 0 bridgehead atoms. The molecular weight excluding hydrogens is 346 g/mol. The summed E-state index contributed by atoms with van der Waals surface area (Å²) in [7, 11) is 2.20. The van der Waals surface area contributed by atoms with E-state index in [-0.39, 0.29) is 0 Å². The van der Waals surface area contributed by atoms with Crippen LogP contribution in [0.5, 0.6) is 0 Å². The average molecular weight is 376 g/mol. The molecule has 0 unspecified atom stereocenters. The minimum atomic E-state index is 0.774. The van der Waals surface area contributed by atoms with Crippen molar-refractivity contribution in [1.29, 1.82) is 0 Å². The van der Waals surface area contributed by atoms with Gasteiger partial charge in [-0.3, -0.25) is 9.97 Å². The number of nitrogens with one attached hydrogen (secondary N) is 1. The minimum absolute atomic E-state index is 0.774. The zero-order chi connectivity index (χ0) is 19.5. The Kier molecular flexibility index (Phi) is 5.44. The van der Waals surface area contributed by atoms with Crippen LogP contribution < -0.4 is 5.32 Å². The number of rotatable bonds is 4. The van der Waals surface area contributed by atoms with E-state index < -0.39 is 0 Å². The summed E-state index contributed by atoms with van der Waals surface area (Å²) in [6, 6.07) is 6.31. The molecule has 1 aromatic heterocycles. The van der Waals surface area contributed by atoms with Crippen LogP contribution in [-0.4, -0.2) is 53.0 Å². The molecule has 0 spiro atoms. The molecular formula is C23H29N5. The molecule has 1 aromatic carbocycles. The Hall–Kier alpha value is -2.66. The van der Waals surface area contributed by atoms with Crippen LogP contribution in [0.15, 0.2) is 65.3 Å². The third kappa shape index (κ3) is 4.09. The Morgan fingerprint density at radius 2 is 1.71 bits per heavy atom. The fourth-order valence-electron chi connectivity index (χ4n) is 4.02. The van der Waals surface area contributed by atoms with E-state index >= 15 is 0 Å². The third-order valence-corrected chi connectivity index (χ3v) is 5.57. The monoisotopic (exact) mass is 375 g/mol. The molecule has 5 nitrogen and oxygen atoms in total. The second-order valence-corrected chi connectivity index (χ2v) is 7.92. The van der Waals surface area contributed by atoms with Crippen LogP contribution in [0.3, 0.4) is 0 Å². The minimum Gasteiger partial charge on any atom is -0.379 e. The number of hydrogen-bond acceptors (Lipinski definition) is 5. The molecule has 0 atom stereocenters. The fourth-order valence-corrected chi connectivity index (χ4v) is 4.02. The lowest BCUT2D eigenvalue weighted by Crippen LogP contribution is -2.45. The Labute approximate surface area is 167 Å². The van der Waals surface area contributed by atoms with E-state index in [0.29, 0.717) is 0 Å². The van der Waals surface area contributed by atoms with Gasteiger partial charge in [-0.2, -0.15) is 0 Å². The third-order valence-electron chi connectivity index (χ3n) is 5.57. The molecule has 4 rings (SSSR count). The first-order valence-electron chi connectivity index (χ1n) is 10.0. The molecule has 1 fully saturated rings. The smallest absolute Gasteiger partial charge is 0.0890 e. The molecule has 2 aliphatic rings. The van der Waals surface area contributed by atoms with Crippen molar-refractivity contribution in [3.63, 3.8) is 0 Å². The van der Waals surface area contributed by atoms with Crippen LogP contribution >= 0.6 is 0 Å². The quantitative estimate of drug-likeness (QED) is 0.886. The van der Waals surface area contributed by atoms with Crippen molar-refractivity contribution in [3.05, 3.63) is 70.8 Å². The number of benzene rings is 1. The van der Waals surface area contributed by atoms with Crippen molar-refractivity contribution in [3.8, 4) is 0 Å². The standard InChI is InChI=1S/C23H29N5/c1-17-4-6-21(23(18(2)14-17)28-12-10-27(3)11-13-28)26-16-19-5-7-20-22(15-19)25-9-8-24-20/h4-9,15,26H,10-14,16H2,1-3H3. The highest BCUT2D eigenvalue weighted by Crippen LogP contribution is 2.27. The highest BCUT2D eigenvalue weighted by Gasteiger charge is 2.22. The zero-order valence-corrected chi connectivity index (χ0v) is 17.1. The Bertz CT molecular complexity index is 948. The van der Waals surface area contributed by atoms with Crippen LogP contribution in [0.4, 0.5) is 0 Å². The number of fused-ring (bicyclic) bond motifs is 1. The summed E-state index contributed by atoms with van der Waals surface area (Å²) in [6.07, 6.45) is 9.02. The van der Waals surface area contributed by atoms with E-state index in [9.17, 15) is 0 Å². The highest BCUT2D eigenvalue weighted by molar-refractivity contribution is 5.74. The van der Waals surface area contributed by atoms with Gasteiger partial charge in [0.25, 0.3) is 0 Å². The first-order chi connectivity index (χ1) is 13.6. The van der Waals surface area contributed by atoms with Gasteiger partial charge in [0, 0.05) is 45.1 Å². The lowest BCUT2D eigenvalue weighted by molar-refractivity contribution is 0.186. The van der Waals surface area contributed by atoms with E-state index in [4.69, 9.17) is 0 Å². The summed E-state index contributed by atoms with van der Waals surface area (Å²) in [5, 5.41) is 3.71. The highest BCUT2D eigenvalue weighted by atomic mass is 15.3. The number of allylic oxidation sites excluding steroid dienone is 4. The largest absolute Gasteiger partial charge is 0.379 e. The van der Waals surface area contributed by atoms with Crippen molar-refractivity contribution >= 4 is 11.0 Å². The maximum Gasteiger partial charge on any atom is 0.0890 e. The van der Waals surface area contributed by atoms with Gasteiger partial charge in [-0.05, 0) is 56.7 Å². The fraction of sp³-hybridized carbons (Fsp3) is 0.391. The predicted octanol–water partition coefficient (Wildman–Crippen LogP) is 3.47. The van der Waals surface area contributed by atoms with Crippen molar-refractivity contribution < 1.29 is 0 Å². The summed E-state index contributed by atoms with van der Waals surface area (Å²) in [5.41, 5.74) is 8.54. The van der Waals surface area contributed by atoms with Gasteiger partial charge in [-0.1, -0.05) is 17.7 Å². The summed E-state index contributed by atoms with van der Waals surface area (Å²) in [5.74, 6) is 0. The normalized spacial score (nSPS) is 18.8. The SMILES string of the molecule is CC1=CC=C(NCc2ccc3nccnc3c2)C(N2CCN(C)CC2)=C(C)C1. The van der Waals surface area contributed by atoms with Crippen LogP contribution in [0, 0.1) is 0 Å². The number of likely N-dealkylation sites (N-methyl/N-ethyl adjacent to an activating group) is 1. The lowest BCUT2D eigenvalue weighted by atomic mass is 10.1. The summed E-state index contributed by atoms with van der Waals surface area (Å²) in [6.45, 7) is 9.64. The Balaban J connectivity index is 1.56. The molecule has 1 aliphatic heterocycles. The molecule has 2 heterocycles. The second kappa shape index (κ2) is 8.15. The number of piperazine rings is 1. The summed E-state index contributed by atoms with van der Waals surface area (Å²) < 4.78 is 0. The van der Waals surface area contributed by atoms with Gasteiger partial charge in [0.05, 0.1) is 22.4 Å². The van der Waals surface area contributed by atoms with Gasteiger partial charge < -0.3 is 15.1 Å². The molecule has 0 saturated carbocycles. The molecule has 0 amide bonds. The summed E-state index contributed by atoms with van der Waals surface area (Å²) in [4.78, 5) is 13.7. The first kappa shape index (κ1) is 18.7. The van der Waals surface area contributed by atoms with Crippen molar-refractivity contribution in [2.45, 2.75) is 26.8 Å². The average Bonchev–Trinajstić information content (AvgIpc) is 2.84. The van der Waals surface area contributed by atoms with Gasteiger partial charge in [0.2, 0.25) is 0 Å². The lowest BCUT2D eigenvalue weighted by Gasteiger charge is -2.37. The molecule has 2 aromatic rings. The first-order valence-corrected chi connectivity index (χ1v) is 10.0. The Morgan fingerprint density at radius 1 is 0.964 bits per heavy atom. The van der Waals surface area contributed by atoms with Crippen LogP contribution in [-0.2, 0) is 6.54 Å². The Morgan fingerprint density at radius 3 is 2.50 bits per heavy atom. The zero-order valence-electron chi connectivity index (χ0n) is 17.1. The molecule has 1 N–H and O–H groups in total. The van der Waals surface area contributed by atoms with Crippen LogP contribution in [0.1, 0.15) is 25.8 Å². The van der Waals surface area contributed by atoms with Crippen molar-refractivity contribution in [1.82, 2.24) is 25.1 Å². The molecule has 146 valence electrons. The molecule has 28 heavy (non-hydrogen) atoms. The maximum absolute atomic E-state index is 4.43. The van der Waals surface area contributed by atoms with Gasteiger partial charge >= 0.3 is 0 Å². The number of hydrogen-bond donors (Lipinski definition) is 1. The topological polar surface area (TPSA) is 44.3 Å². The van der Waals surface area contributed by atoms with Gasteiger partial charge in [-0.25, -0.2) is 0 Å². The molecule has 1 saturated heterocycles. The van der Waals surface area contributed by atoms with Gasteiger partial charge in [0.15, 0.2) is 0 Å². The maximum atomic E-state index is 4.43. The second-order valence-electron chi connectivity index (χ2n) is 7.92. The number of nitrogens with zero attached hydrogens (tertiary/aromatic N) is 4. The van der Waals surface area contributed by atoms with Gasteiger partial charge in [-0.15, -0.1) is 0 Å². The molecule has 0 radical (unpaired) electrons. The van der Waals surface area contributed by atoms with Crippen molar-refractivity contribution in [2.75, 3.05) is 33.2 Å². The van der Waals surface area contributed by atoms with E-state index in [1.54, 1.807) is 12.4 Å². The van der Waals surface area contributed by atoms with Gasteiger partial charge in [0.1, 0.15) is 0 Å². The van der Waals surface area contributed by atoms with E-state index in [2.05, 4.69) is 70.3 Å². The molecule has 5 heteroatoms. The van der Waals surface area contributed by atoms with E-state index in [0.717, 1.165) is 50.2 Å². The summed E-state index contributed by atoms with van der Waals surface area (Å²) >= 11 is 0. The van der Waals surface area contributed by atoms with Crippen LogP contribution in [0.2, 0.25) is 0 Å². The van der Waals surface area contributed by atoms with Crippen LogP contribution in [0.25, 0.3) is 11.0 Å². The number of aromatic nitrogens is 2.